The first-order valence-electron chi connectivity index (χ1n) is 24.0. The number of aliphatic hydroxyl groups is 2. The van der Waals surface area contributed by atoms with E-state index in [9.17, 15) is 53.4 Å². The molecular weight excluding hydrogens is 939 g/mol. The van der Waals surface area contributed by atoms with Crippen molar-refractivity contribution >= 4 is 53.3 Å². The molecule has 4 aliphatic rings. The number of ether oxygens (including phenoxy) is 4. The van der Waals surface area contributed by atoms with Gasteiger partial charge in [-0.1, -0.05) is 83.5 Å². The third-order valence-electron chi connectivity index (χ3n) is 12.9. The molecular formula is C50H67N7O15. The number of aliphatic hydroxyl groups excluding tert-OH is 2. The average molecular weight is 1010 g/mol. The van der Waals surface area contributed by atoms with Gasteiger partial charge in [0.15, 0.2) is 6.04 Å². The predicted octanol–water partition coefficient (Wildman–Crippen LogP) is -0.699. The van der Waals surface area contributed by atoms with Crippen LogP contribution in [0.1, 0.15) is 79.0 Å². The third kappa shape index (κ3) is 14.8. The Morgan fingerprint density at radius 1 is 0.778 bits per heavy atom. The fourth-order valence-corrected chi connectivity index (χ4v) is 7.88. The lowest BCUT2D eigenvalue weighted by molar-refractivity contribution is -0.160. The van der Waals surface area contributed by atoms with E-state index in [2.05, 4.69) is 37.2 Å². The maximum absolute atomic E-state index is 14.8. The molecule has 4 aliphatic heterocycles. The number of esters is 2. The summed E-state index contributed by atoms with van der Waals surface area (Å²) in [6.45, 7) is 10.8. The molecule has 1 spiro atoms. The van der Waals surface area contributed by atoms with Gasteiger partial charge in [0.25, 0.3) is 0 Å². The van der Waals surface area contributed by atoms with Crippen molar-refractivity contribution < 1.29 is 72.3 Å². The normalized spacial score (nSPS) is 29.4. The Morgan fingerprint density at radius 2 is 1.42 bits per heavy atom. The zero-order chi connectivity index (χ0) is 53.0. The summed E-state index contributed by atoms with van der Waals surface area (Å²) in [5, 5.41) is 39.5. The Labute approximate surface area is 417 Å². The summed E-state index contributed by atoms with van der Waals surface area (Å²) in [5.41, 5.74) is -0.284. The van der Waals surface area contributed by atoms with Gasteiger partial charge in [-0.25, -0.2) is 4.79 Å². The quantitative estimate of drug-likeness (QED) is 0.111. The summed E-state index contributed by atoms with van der Waals surface area (Å²) < 4.78 is 22.9. The first kappa shape index (κ1) is 56.0. The van der Waals surface area contributed by atoms with Crippen LogP contribution in [-0.2, 0) is 63.8 Å². The Bertz CT molecular complexity index is 2320. The van der Waals surface area contributed by atoms with Crippen molar-refractivity contribution in [3.8, 4) is 5.75 Å². The molecule has 72 heavy (non-hydrogen) atoms. The van der Waals surface area contributed by atoms with Gasteiger partial charge in [-0.3, -0.25) is 38.4 Å². The van der Waals surface area contributed by atoms with Crippen molar-refractivity contribution in [1.82, 2.24) is 37.2 Å². The van der Waals surface area contributed by atoms with Crippen LogP contribution in [0.5, 0.6) is 5.75 Å². The lowest BCUT2D eigenvalue weighted by Gasteiger charge is -2.31. The largest absolute Gasteiger partial charge is 0.487 e. The van der Waals surface area contributed by atoms with Crippen LogP contribution in [0.3, 0.4) is 0 Å². The zero-order valence-electron chi connectivity index (χ0n) is 41.6. The molecule has 22 heteroatoms. The fourth-order valence-electron chi connectivity index (χ4n) is 7.88. The van der Waals surface area contributed by atoms with Crippen LogP contribution in [0, 0.1) is 17.8 Å². The minimum atomic E-state index is -1.94. The molecule has 22 nitrogen and oxygen atoms in total. The van der Waals surface area contributed by atoms with E-state index in [1.165, 1.54) is 51.1 Å². The molecule has 0 unspecified atom stereocenters. The molecule has 0 radical (unpaired) electrons. The average Bonchev–Trinajstić information content (AvgIpc) is 4.15. The van der Waals surface area contributed by atoms with Crippen molar-refractivity contribution in [2.24, 2.45) is 17.8 Å². The number of carbonyl (C=O) groups excluding carboxylic acids is 9. The number of fused-ring (bicyclic) bond motifs is 9. The summed E-state index contributed by atoms with van der Waals surface area (Å²) in [6.07, 6.45) is -2.42. The molecule has 392 valence electrons. The van der Waals surface area contributed by atoms with Crippen LogP contribution < -0.4 is 42.0 Å². The lowest BCUT2D eigenvalue weighted by atomic mass is 9.93. The van der Waals surface area contributed by atoms with Gasteiger partial charge in [0, 0.05) is 12.5 Å². The smallest absolute Gasteiger partial charge is 0.332 e. The van der Waals surface area contributed by atoms with Crippen LogP contribution in [0.4, 0.5) is 0 Å². The maximum Gasteiger partial charge on any atom is 0.332 e. The number of amides is 7. The first-order valence-corrected chi connectivity index (χ1v) is 24.0. The highest BCUT2D eigenvalue weighted by Gasteiger charge is 2.49. The van der Waals surface area contributed by atoms with Gasteiger partial charge >= 0.3 is 11.9 Å². The third-order valence-corrected chi connectivity index (χ3v) is 12.9. The summed E-state index contributed by atoms with van der Waals surface area (Å²) in [7, 11) is 0. The lowest BCUT2D eigenvalue weighted by Crippen LogP contribution is -2.61. The number of nitrogens with one attached hydrogen (secondary N) is 7. The second-order valence-electron chi connectivity index (χ2n) is 18.8. The highest BCUT2D eigenvalue weighted by atomic mass is 16.6. The molecule has 2 aromatic carbocycles. The van der Waals surface area contributed by atoms with Crippen LogP contribution >= 0.6 is 0 Å². The van der Waals surface area contributed by atoms with E-state index in [0.717, 1.165) is 6.08 Å². The standard InChI is InChI=1S/C50H67N7O15/c1-9-26(4)38-45(64)57-41-32-15-17-33(18-16-32)72-30(8)50(24-70-50)20-19-36(59)51-22-37(60)69-23-35(49(68)71-29(7)40(47(66)54-38)56-43(62)27(5)42(61)25(2)3)53-46(65)39(28(6)58)55-44(63)34(52-48(41)67)21-31-13-11-10-12-14-31/h10-20,25-30,34-35,38-42,58,61H,9,21-24H2,1-8H3,(H,51,59)(H,52,67)(H,53,65)(H,54,66)(H,55,63)(H,56,62)(H,57,64)/b20-19+/t26-,27+,28+,29+,30+,34-,35-,38+,39+,40-,41-,42+,50-/m0/s1. The van der Waals surface area contributed by atoms with E-state index in [1.54, 1.807) is 65.0 Å². The number of benzene rings is 2. The van der Waals surface area contributed by atoms with Gasteiger partial charge < -0.3 is 66.4 Å². The Kier molecular flexibility index (Phi) is 19.4. The van der Waals surface area contributed by atoms with Crippen molar-refractivity contribution in [3.05, 3.63) is 77.9 Å². The van der Waals surface area contributed by atoms with Crippen LogP contribution in [-0.4, -0.2) is 143 Å². The number of rotatable bonds is 9. The fraction of sp³-hybridized carbons (Fsp3) is 0.540. The molecule has 0 aromatic heterocycles. The van der Waals surface area contributed by atoms with Crippen LogP contribution in [0.2, 0.25) is 0 Å². The van der Waals surface area contributed by atoms with Crippen molar-refractivity contribution in [3.63, 3.8) is 0 Å². The number of carbonyl (C=O) groups is 9. The van der Waals surface area contributed by atoms with E-state index < -0.39 is 150 Å². The predicted molar refractivity (Wildman–Crippen MR) is 256 cm³/mol. The molecule has 0 aliphatic carbocycles. The van der Waals surface area contributed by atoms with Crippen LogP contribution in [0.15, 0.2) is 66.7 Å². The molecule has 2 saturated heterocycles. The molecule has 4 bridgehead atoms. The van der Waals surface area contributed by atoms with Crippen molar-refractivity contribution in [2.45, 2.75) is 134 Å². The van der Waals surface area contributed by atoms with E-state index in [0.29, 0.717) is 17.7 Å². The van der Waals surface area contributed by atoms with E-state index >= 15 is 0 Å². The first-order chi connectivity index (χ1) is 34.0. The molecule has 2 fully saturated rings. The number of cyclic esters (lactones) is 1. The van der Waals surface area contributed by atoms with Gasteiger partial charge in [-0.2, -0.15) is 0 Å². The minimum absolute atomic E-state index is 0.166. The minimum Gasteiger partial charge on any atom is -0.487 e. The van der Waals surface area contributed by atoms with Crippen LogP contribution in [0.25, 0.3) is 0 Å². The van der Waals surface area contributed by atoms with Gasteiger partial charge in [0.1, 0.15) is 66.9 Å². The van der Waals surface area contributed by atoms with E-state index in [4.69, 9.17) is 18.9 Å². The topological polar surface area (TPSA) is 319 Å². The summed E-state index contributed by atoms with van der Waals surface area (Å²) in [5.74, 6) is -10.8. The molecule has 13 atom stereocenters. The second kappa shape index (κ2) is 25.0. The molecule has 2 aromatic rings. The van der Waals surface area contributed by atoms with Gasteiger partial charge in [0.05, 0.1) is 24.7 Å². The Balaban J connectivity index is 1.70. The summed E-state index contributed by atoms with van der Waals surface area (Å²) >= 11 is 0. The summed E-state index contributed by atoms with van der Waals surface area (Å²) in [6, 6.07) is 4.48. The van der Waals surface area contributed by atoms with E-state index in [-0.39, 0.29) is 18.6 Å². The molecule has 9 N–H and O–H groups in total. The zero-order valence-corrected chi connectivity index (χ0v) is 41.6. The SMILES string of the molecule is CC[C@H](C)[C@H]1NC(=O)[C@@H](NC(=O)[C@H](C)[C@H](O)C(C)C)[C@@H](C)OC(=O)[C@@H]2COC(=O)CNC(=O)/C=C/[C@]3(CO3)[C@@H](C)Oc3ccc(cc3)[C@H](NC1=O)C(=O)N[C@@H](Cc1ccccc1)C(=O)N[C@H]([C@@H](C)O)C(=O)N2. The number of epoxide rings is 1. The summed E-state index contributed by atoms with van der Waals surface area (Å²) in [4.78, 5) is 126. The number of hydrogen-bond acceptors (Lipinski definition) is 15. The molecule has 4 heterocycles. The van der Waals surface area contributed by atoms with Crippen molar-refractivity contribution in [2.75, 3.05) is 19.8 Å². The van der Waals surface area contributed by atoms with E-state index in [1.807, 2.05) is 0 Å². The Hall–Kier alpha value is -6.91. The van der Waals surface area contributed by atoms with Gasteiger partial charge in [0.2, 0.25) is 41.4 Å². The molecule has 6 rings (SSSR count). The monoisotopic (exact) mass is 1010 g/mol. The maximum atomic E-state index is 14.8. The highest BCUT2D eigenvalue weighted by Crippen LogP contribution is 2.35. The van der Waals surface area contributed by atoms with Crippen molar-refractivity contribution in [1.29, 1.82) is 0 Å². The second-order valence-corrected chi connectivity index (χ2v) is 18.8. The van der Waals surface area contributed by atoms with Gasteiger partial charge in [-0.15, -0.1) is 0 Å². The Morgan fingerprint density at radius 3 is 2.03 bits per heavy atom. The molecule has 7 amide bonds. The van der Waals surface area contributed by atoms with Gasteiger partial charge in [-0.05, 0) is 61.9 Å². The highest BCUT2D eigenvalue weighted by molar-refractivity contribution is 5.98. The molecule has 0 saturated carbocycles. The number of hydrogen-bond donors (Lipinski definition) is 9.